The van der Waals surface area contributed by atoms with Crippen LogP contribution in [0, 0.1) is 13.8 Å². The number of hydrogen-bond donors (Lipinski definition) is 1. The standard InChI is InChI=1S/C21H24N4OS2/c1-4-25-19(13-27-18-10-8-15(2)9-11-18)23-24-21(25)28-14-20(26)22-17-7-5-6-16(3)12-17/h5-12H,4,13-14H2,1-3H3,(H,22,26). The van der Waals surface area contributed by atoms with Crippen LogP contribution in [0.3, 0.4) is 0 Å². The molecule has 0 unspecified atom stereocenters. The van der Waals surface area contributed by atoms with Crippen LogP contribution in [0.25, 0.3) is 0 Å². The molecule has 1 N–H and O–H groups in total. The Kier molecular flexibility index (Phi) is 7.17. The SMILES string of the molecule is CCn1c(CSc2ccc(C)cc2)nnc1SCC(=O)Nc1cccc(C)c1. The summed E-state index contributed by atoms with van der Waals surface area (Å²) in [7, 11) is 0. The molecule has 7 heteroatoms. The van der Waals surface area contributed by atoms with Gasteiger partial charge in [-0.05, 0) is 50.6 Å². The van der Waals surface area contributed by atoms with Gasteiger partial charge in [0.2, 0.25) is 5.91 Å². The van der Waals surface area contributed by atoms with Gasteiger partial charge in [0.25, 0.3) is 0 Å². The Hall–Kier alpha value is -2.25. The number of rotatable bonds is 8. The van der Waals surface area contributed by atoms with Crippen molar-refractivity contribution in [3.63, 3.8) is 0 Å². The van der Waals surface area contributed by atoms with E-state index in [0.717, 1.165) is 34.5 Å². The van der Waals surface area contributed by atoms with Crippen molar-refractivity contribution in [2.75, 3.05) is 11.1 Å². The van der Waals surface area contributed by atoms with Crippen LogP contribution in [0.1, 0.15) is 23.9 Å². The highest BCUT2D eigenvalue weighted by Crippen LogP contribution is 2.25. The molecule has 0 fully saturated rings. The zero-order valence-corrected chi connectivity index (χ0v) is 17.9. The number of carbonyl (C=O) groups is 1. The predicted octanol–water partition coefficient (Wildman–Crippen LogP) is 4.94. The number of amides is 1. The van der Waals surface area contributed by atoms with Crippen LogP contribution in [0.5, 0.6) is 0 Å². The summed E-state index contributed by atoms with van der Waals surface area (Å²) in [5.41, 5.74) is 3.19. The molecular formula is C21H24N4OS2. The lowest BCUT2D eigenvalue weighted by atomic mass is 10.2. The number of carbonyl (C=O) groups excluding carboxylic acids is 1. The van der Waals surface area contributed by atoms with Crippen LogP contribution in [0.2, 0.25) is 0 Å². The maximum atomic E-state index is 12.2. The number of benzene rings is 2. The van der Waals surface area contributed by atoms with Gasteiger partial charge in [-0.2, -0.15) is 0 Å². The first-order valence-corrected chi connectivity index (χ1v) is 11.1. The highest BCUT2D eigenvalue weighted by molar-refractivity contribution is 7.99. The van der Waals surface area contributed by atoms with E-state index >= 15 is 0 Å². The quantitative estimate of drug-likeness (QED) is 0.531. The topological polar surface area (TPSA) is 59.8 Å². The maximum Gasteiger partial charge on any atom is 0.234 e. The summed E-state index contributed by atoms with van der Waals surface area (Å²) in [6.45, 7) is 6.93. The summed E-state index contributed by atoms with van der Waals surface area (Å²) in [6.07, 6.45) is 0. The number of anilines is 1. The highest BCUT2D eigenvalue weighted by Gasteiger charge is 2.13. The second kappa shape index (κ2) is 9.80. The minimum Gasteiger partial charge on any atom is -0.325 e. The maximum absolute atomic E-state index is 12.2. The number of thioether (sulfide) groups is 2. The first-order chi connectivity index (χ1) is 13.5. The first kappa shape index (κ1) is 20.5. The second-order valence-electron chi connectivity index (χ2n) is 6.45. The average molecular weight is 413 g/mol. The molecule has 0 aliphatic carbocycles. The molecule has 0 bridgehead atoms. The Balaban J connectivity index is 1.57. The summed E-state index contributed by atoms with van der Waals surface area (Å²) in [5.74, 6) is 1.93. The molecule has 5 nitrogen and oxygen atoms in total. The number of aryl methyl sites for hydroxylation is 2. The molecule has 0 radical (unpaired) electrons. The predicted molar refractivity (Wildman–Crippen MR) is 117 cm³/mol. The Labute approximate surface area is 174 Å². The van der Waals surface area contributed by atoms with E-state index in [1.54, 1.807) is 11.8 Å². The van der Waals surface area contributed by atoms with Gasteiger partial charge in [0, 0.05) is 17.1 Å². The highest BCUT2D eigenvalue weighted by atomic mass is 32.2. The van der Waals surface area contributed by atoms with Gasteiger partial charge in [-0.15, -0.1) is 22.0 Å². The van der Waals surface area contributed by atoms with Crippen LogP contribution in [0.4, 0.5) is 5.69 Å². The van der Waals surface area contributed by atoms with E-state index in [1.165, 1.54) is 22.2 Å². The number of nitrogens with zero attached hydrogens (tertiary/aromatic N) is 3. The summed E-state index contributed by atoms with van der Waals surface area (Å²) in [4.78, 5) is 13.5. The van der Waals surface area contributed by atoms with Crippen molar-refractivity contribution in [2.45, 2.75) is 43.1 Å². The van der Waals surface area contributed by atoms with Crippen LogP contribution < -0.4 is 5.32 Å². The lowest BCUT2D eigenvalue weighted by Crippen LogP contribution is -2.14. The second-order valence-corrected chi connectivity index (χ2v) is 8.44. The molecular weight excluding hydrogens is 388 g/mol. The molecule has 0 aliphatic heterocycles. The van der Waals surface area contributed by atoms with Crippen molar-refractivity contribution < 1.29 is 4.79 Å². The van der Waals surface area contributed by atoms with Gasteiger partial charge in [0.05, 0.1) is 11.5 Å². The van der Waals surface area contributed by atoms with E-state index < -0.39 is 0 Å². The number of hydrogen-bond acceptors (Lipinski definition) is 5. The van der Waals surface area contributed by atoms with E-state index in [0.29, 0.717) is 5.75 Å². The zero-order valence-electron chi connectivity index (χ0n) is 16.3. The van der Waals surface area contributed by atoms with Crippen LogP contribution in [-0.2, 0) is 17.1 Å². The van der Waals surface area contributed by atoms with Crippen molar-refractivity contribution in [1.29, 1.82) is 0 Å². The van der Waals surface area contributed by atoms with Crippen molar-refractivity contribution in [3.8, 4) is 0 Å². The van der Waals surface area contributed by atoms with Crippen molar-refractivity contribution in [1.82, 2.24) is 14.8 Å². The van der Waals surface area contributed by atoms with E-state index in [9.17, 15) is 4.79 Å². The fraction of sp³-hybridized carbons (Fsp3) is 0.286. The van der Waals surface area contributed by atoms with Crippen LogP contribution in [0.15, 0.2) is 58.6 Å². The molecule has 0 saturated carbocycles. The third-order valence-electron chi connectivity index (χ3n) is 4.13. The third-order valence-corrected chi connectivity index (χ3v) is 6.11. The van der Waals surface area contributed by atoms with Crippen molar-refractivity contribution in [3.05, 3.63) is 65.5 Å². The fourth-order valence-electron chi connectivity index (χ4n) is 2.68. The summed E-state index contributed by atoms with van der Waals surface area (Å²) >= 11 is 3.16. The smallest absolute Gasteiger partial charge is 0.234 e. The van der Waals surface area contributed by atoms with E-state index in [1.807, 2.05) is 31.2 Å². The van der Waals surface area contributed by atoms with Gasteiger partial charge in [-0.25, -0.2) is 0 Å². The molecule has 28 heavy (non-hydrogen) atoms. The Bertz CT molecular complexity index is 938. The molecule has 0 saturated heterocycles. The largest absolute Gasteiger partial charge is 0.325 e. The Morgan fingerprint density at radius 1 is 1.04 bits per heavy atom. The van der Waals surface area contributed by atoms with Gasteiger partial charge < -0.3 is 9.88 Å². The normalized spacial score (nSPS) is 10.8. The average Bonchev–Trinajstić information content (AvgIpc) is 3.08. The van der Waals surface area contributed by atoms with Gasteiger partial charge in [-0.1, -0.05) is 41.6 Å². The molecule has 1 heterocycles. The van der Waals surface area contributed by atoms with Crippen molar-refractivity contribution >= 4 is 35.1 Å². The van der Waals surface area contributed by atoms with Gasteiger partial charge in [0.15, 0.2) is 5.16 Å². The van der Waals surface area contributed by atoms with Gasteiger partial charge in [-0.3, -0.25) is 4.79 Å². The molecule has 3 aromatic rings. The lowest BCUT2D eigenvalue weighted by molar-refractivity contribution is -0.113. The molecule has 1 aromatic heterocycles. The van der Waals surface area contributed by atoms with Gasteiger partial charge in [0.1, 0.15) is 5.82 Å². The zero-order chi connectivity index (χ0) is 19.9. The number of nitrogens with one attached hydrogen (secondary N) is 1. The van der Waals surface area contributed by atoms with Crippen molar-refractivity contribution in [2.24, 2.45) is 0 Å². The lowest BCUT2D eigenvalue weighted by Gasteiger charge is -2.08. The van der Waals surface area contributed by atoms with E-state index in [2.05, 4.69) is 58.2 Å². The molecule has 3 rings (SSSR count). The van der Waals surface area contributed by atoms with Crippen LogP contribution >= 0.6 is 23.5 Å². The minimum atomic E-state index is -0.0446. The van der Waals surface area contributed by atoms with Gasteiger partial charge >= 0.3 is 0 Å². The monoisotopic (exact) mass is 412 g/mol. The molecule has 2 aromatic carbocycles. The molecule has 0 atom stereocenters. The Morgan fingerprint density at radius 2 is 1.82 bits per heavy atom. The summed E-state index contributed by atoms with van der Waals surface area (Å²) in [5, 5.41) is 12.3. The fourth-order valence-corrected chi connectivity index (χ4v) is 4.34. The van der Waals surface area contributed by atoms with E-state index in [-0.39, 0.29) is 5.91 Å². The molecule has 1 amide bonds. The minimum absolute atomic E-state index is 0.0446. The first-order valence-electron chi connectivity index (χ1n) is 9.16. The molecule has 146 valence electrons. The van der Waals surface area contributed by atoms with E-state index in [4.69, 9.17) is 0 Å². The number of aromatic nitrogens is 3. The molecule has 0 spiro atoms. The van der Waals surface area contributed by atoms with Crippen LogP contribution in [-0.4, -0.2) is 26.4 Å². The summed E-state index contributed by atoms with van der Waals surface area (Å²) < 4.78 is 2.08. The Morgan fingerprint density at radius 3 is 2.54 bits per heavy atom. The molecule has 0 aliphatic rings. The third kappa shape index (κ3) is 5.62. The summed E-state index contributed by atoms with van der Waals surface area (Å²) in [6, 6.07) is 16.3.